The Bertz CT molecular complexity index is 17.7. The molecule has 0 aromatic rings. The first kappa shape index (κ1) is 9.32. The summed E-state index contributed by atoms with van der Waals surface area (Å²) in [7, 11) is -3.37. The average molecular weight is 87.9 g/mol. The number of hydrogen-bond donors (Lipinski definition) is 0. The molecule has 0 aliphatic carbocycles. The summed E-state index contributed by atoms with van der Waals surface area (Å²) < 4.78 is 0. The van der Waals surface area contributed by atoms with Crippen molar-refractivity contribution in [1.29, 1.82) is 0 Å². The molecule has 5 heavy (non-hydrogen) atoms. The molecule has 5 heteroatoms. The van der Waals surface area contributed by atoms with Gasteiger partial charge in [0.2, 0.25) is 0 Å². The van der Waals surface area contributed by atoms with E-state index in [-0.39, 0.29) is 21.7 Å². The summed E-state index contributed by atoms with van der Waals surface area (Å²) in [5.41, 5.74) is 0. The van der Waals surface area contributed by atoms with Gasteiger partial charge >= 0.3 is 21.7 Å². The molecule has 0 N–H and O–H groups in total. The van der Waals surface area contributed by atoms with Crippen molar-refractivity contribution in [2.24, 2.45) is 0 Å². The van der Waals surface area contributed by atoms with E-state index in [0.29, 0.717) is 0 Å². The van der Waals surface area contributed by atoms with Crippen LogP contribution in [0.3, 0.4) is 0 Å². The summed E-state index contributed by atoms with van der Waals surface area (Å²) in [6.07, 6.45) is 0. The molecule has 0 fully saturated rings. The van der Waals surface area contributed by atoms with E-state index in [9.17, 15) is 0 Å². The summed E-state index contributed by atoms with van der Waals surface area (Å²) in [6.45, 7) is 0. The molecular weight excluding hydrogens is 85.9 g/mol. The third-order valence-corrected chi connectivity index (χ3v) is 0. The Morgan fingerprint density at radius 3 is 1.20 bits per heavy atom. The third-order valence-electron chi connectivity index (χ3n) is 0. The summed E-state index contributed by atoms with van der Waals surface area (Å²) in [4.78, 5) is 25.4. The van der Waals surface area contributed by atoms with Crippen molar-refractivity contribution in [2.75, 3.05) is 0 Å². The second-order valence-corrected chi connectivity index (χ2v) is 0.671. The maximum Gasteiger partial charge on any atom is 1.00 e. The zero-order valence-electron chi connectivity index (χ0n) is 4.67. The summed E-state index contributed by atoms with van der Waals surface area (Å²) >= 11 is 0. The van der Waals surface area contributed by atoms with Crippen molar-refractivity contribution < 1.29 is 36.4 Å². The van der Waals surface area contributed by atoms with Crippen LogP contribution in [0.15, 0.2) is 0 Å². The number of hydrogen-bond acceptors (Lipinski definition) is 3. The Labute approximate surface area is 45.8 Å². The van der Waals surface area contributed by atoms with Crippen LogP contribution in [0.4, 0.5) is 0 Å². The van der Waals surface area contributed by atoms with Crippen LogP contribution in [-0.4, -0.2) is 0 Å². The molecule has 0 aliphatic heterocycles. The maximum absolute atomic E-state index is 8.48. The average Bonchev–Trinajstić information content (AvgIpc) is 0.811. The molecule has 0 aromatic carbocycles. The monoisotopic (exact) mass is 88.0 g/mol. The SMILES string of the molecule is [H+].[H+].[Li+].[O-]P([O-])[O-]. The Balaban J connectivity index is -0.0000000150. The molecule has 0 rings (SSSR count). The van der Waals surface area contributed by atoms with Gasteiger partial charge in [-0.15, -0.1) is 0 Å². The molecule has 0 radical (unpaired) electrons. The van der Waals surface area contributed by atoms with E-state index in [0.717, 1.165) is 0 Å². The van der Waals surface area contributed by atoms with Crippen LogP contribution in [-0.2, 0) is 0 Å². The zero-order chi connectivity index (χ0) is 3.58. The van der Waals surface area contributed by atoms with E-state index >= 15 is 0 Å². The molecular formula is H2LiO3P. The van der Waals surface area contributed by atoms with Gasteiger partial charge in [0.15, 0.2) is 0 Å². The summed E-state index contributed by atoms with van der Waals surface area (Å²) in [5, 5.41) is 0. The predicted octanol–water partition coefficient (Wildman–Crippen LogP) is -5.48. The minimum absolute atomic E-state index is 0. The van der Waals surface area contributed by atoms with Gasteiger partial charge in [-0.05, 0) is 0 Å². The minimum Gasteiger partial charge on any atom is -0.854 e. The molecule has 0 heterocycles. The molecule has 0 amide bonds. The molecule has 0 saturated carbocycles. The van der Waals surface area contributed by atoms with Crippen LogP contribution in [0.25, 0.3) is 0 Å². The summed E-state index contributed by atoms with van der Waals surface area (Å²) in [6, 6.07) is 0. The molecule has 0 aliphatic rings. The Morgan fingerprint density at radius 1 is 1.20 bits per heavy atom. The molecule has 0 unspecified atom stereocenters. The van der Waals surface area contributed by atoms with Crippen LogP contribution >= 0.6 is 8.60 Å². The normalized spacial score (nSPS) is 7.20. The zero-order valence-corrected chi connectivity index (χ0v) is 3.57. The smallest absolute Gasteiger partial charge is 0.854 e. The minimum atomic E-state index is -3.37. The second kappa shape index (κ2) is 4.91. The van der Waals surface area contributed by atoms with Gasteiger partial charge in [-0.25, -0.2) is 0 Å². The van der Waals surface area contributed by atoms with Crippen LogP contribution in [0, 0.1) is 0 Å². The van der Waals surface area contributed by atoms with Gasteiger partial charge in [0.1, 0.15) is 0 Å². The predicted molar refractivity (Wildman–Crippen MR) is 9.14 cm³/mol. The Kier molecular flexibility index (Phi) is 9.15. The standard InChI is InChI=1S/Li.O3P/c;1-4(2)3/q+1;-3/p+2. The first-order chi connectivity index (χ1) is 1.73. The first-order valence-electron chi connectivity index (χ1n) is 0.548. The fourth-order valence-corrected chi connectivity index (χ4v) is 0. The van der Waals surface area contributed by atoms with Crippen molar-refractivity contribution in [1.82, 2.24) is 0 Å². The van der Waals surface area contributed by atoms with E-state index < -0.39 is 8.60 Å². The topological polar surface area (TPSA) is 69.2 Å². The van der Waals surface area contributed by atoms with Crippen LogP contribution in [0.5, 0.6) is 0 Å². The second-order valence-electron chi connectivity index (χ2n) is 0.224. The van der Waals surface area contributed by atoms with Crippen molar-refractivity contribution in [3.05, 3.63) is 0 Å². The molecule has 0 spiro atoms. The summed E-state index contributed by atoms with van der Waals surface area (Å²) in [5.74, 6) is 0. The Morgan fingerprint density at radius 2 is 1.20 bits per heavy atom. The van der Waals surface area contributed by atoms with Crippen LogP contribution < -0.4 is 33.5 Å². The Hall–Kier alpha value is 0.907. The quantitative estimate of drug-likeness (QED) is 0.219. The van der Waals surface area contributed by atoms with E-state index in [1.54, 1.807) is 0 Å². The molecule has 3 nitrogen and oxygen atoms in total. The maximum atomic E-state index is 8.48. The fourth-order valence-electron chi connectivity index (χ4n) is 0. The van der Waals surface area contributed by atoms with Gasteiger partial charge < -0.3 is 23.3 Å². The molecule has 0 atom stereocenters. The van der Waals surface area contributed by atoms with E-state index in [4.69, 9.17) is 14.7 Å². The van der Waals surface area contributed by atoms with Gasteiger partial charge in [-0.2, -0.15) is 0 Å². The van der Waals surface area contributed by atoms with E-state index in [1.165, 1.54) is 0 Å². The van der Waals surface area contributed by atoms with Crippen molar-refractivity contribution in [3.63, 3.8) is 0 Å². The van der Waals surface area contributed by atoms with Crippen molar-refractivity contribution in [3.8, 4) is 0 Å². The largest absolute Gasteiger partial charge is 1.00 e. The van der Waals surface area contributed by atoms with E-state index in [1.807, 2.05) is 0 Å². The molecule has 26 valence electrons. The van der Waals surface area contributed by atoms with Crippen molar-refractivity contribution in [2.45, 2.75) is 0 Å². The van der Waals surface area contributed by atoms with Gasteiger partial charge in [0, 0.05) is 0 Å². The first-order valence-corrected chi connectivity index (χ1v) is 1.64. The molecule has 0 aromatic heterocycles. The van der Waals surface area contributed by atoms with Crippen LogP contribution in [0.1, 0.15) is 2.85 Å². The number of rotatable bonds is 0. The van der Waals surface area contributed by atoms with Gasteiger partial charge in [0.25, 0.3) is 0 Å². The van der Waals surface area contributed by atoms with Gasteiger partial charge in [0.05, 0.1) is 0 Å². The van der Waals surface area contributed by atoms with E-state index in [2.05, 4.69) is 0 Å². The van der Waals surface area contributed by atoms with Crippen molar-refractivity contribution >= 4 is 8.60 Å². The molecule has 0 saturated heterocycles. The van der Waals surface area contributed by atoms with Gasteiger partial charge in [-0.1, -0.05) is 0 Å². The van der Waals surface area contributed by atoms with Crippen LogP contribution in [0.2, 0.25) is 0 Å². The third kappa shape index (κ3) is 50.4. The fraction of sp³-hybridized carbons (Fsp3) is 0. The van der Waals surface area contributed by atoms with Gasteiger partial charge in [-0.3, -0.25) is 0 Å². The molecule has 0 bridgehead atoms.